The Morgan fingerprint density at radius 1 is 1.32 bits per heavy atom. The molecule has 106 valence electrons. The Morgan fingerprint density at radius 3 is 2.68 bits per heavy atom. The second kappa shape index (κ2) is 8.29. The zero-order chi connectivity index (χ0) is 14.1. The summed E-state index contributed by atoms with van der Waals surface area (Å²) >= 11 is 0. The number of methoxy groups -OCH3 is 1. The highest BCUT2D eigenvalue weighted by molar-refractivity contribution is 5.93. The standard InChI is InChI=1S/C13H21N3O3/c1-16-10-11(9-15-16)13(18)14-8-6-4-3-5-7-12(17)19-2/h9-10H,3-8H2,1-2H3,(H,14,18). The number of ether oxygens (including phenoxy) is 1. The number of esters is 1. The Morgan fingerprint density at radius 2 is 2.05 bits per heavy atom. The van der Waals surface area contributed by atoms with Crippen molar-refractivity contribution in [3.8, 4) is 0 Å². The van der Waals surface area contributed by atoms with E-state index in [2.05, 4.69) is 15.2 Å². The summed E-state index contributed by atoms with van der Waals surface area (Å²) in [5.41, 5.74) is 0.577. The smallest absolute Gasteiger partial charge is 0.305 e. The van der Waals surface area contributed by atoms with E-state index in [4.69, 9.17) is 0 Å². The molecular formula is C13H21N3O3. The van der Waals surface area contributed by atoms with Gasteiger partial charge in [-0.3, -0.25) is 14.3 Å². The van der Waals surface area contributed by atoms with Gasteiger partial charge in [0.25, 0.3) is 5.91 Å². The van der Waals surface area contributed by atoms with Gasteiger partial charge in [0.15, 0.2) is 0 Å². The van der Waals surface area contributed by atoms with Crippen molar-refractivity contribution in [2.75, 3.05) is 13.7 Å². The van der Waals surface area contributed by atoms with Crippen LogP contribution >= 0.6 is 0 Å². The van der Waals surface area contributed by atoms with Crippen LogP contribution in [0.25, 0.3) is 0 Å². The summed E-state index contributed by atoms with van der Waals surface area (Å²) in [5.74, 6) is -0.257. The maximum Gasteiger partial charge on any atom is 0.305 e. The first-order chi connectivity index (χ1) is 9.13. The van der Waals surface area contributed by atoms with Gasteiger partial charge < -0.3 is 10.1 Å². The Hall–Kier alpha value is -1.85. The average molecular weight is 267 g/mol. The number of aromatic nitrogens is 2. The monoisotopic (exact) mass is 267 g/mol. The summed E-state index contributed by atoms with van der Waals surface area (Å²) < 4.78 is 6.16. The lowest BCUT2D eigenvalue weighted by Gasteiger charge is -2.03. The lowest BCUT2D eigenvalue weighted by Crippen LogP contribution is -2.24. The van der Waals surface area contributed by atoms with Crippen molar-refractivity contribution in [1.29, 1.82) is 0 Å². The van der Waals surface area contributed by atoms with Gasteiger partial charge >= 0.3 is 5.97 Å². The Labute approximate surface area is 113 Å². The fourth-order valence-corrected chi connectivity index (χ4v) is 1.69. The molecule has 0 saturated carbocycles. The van der Waals surface area contributed by atoms with Crippen molar-refractivity contribution >= 4 is 11.9 Å². The number of nitrogens with zero attached hydrogens (tertiary/aromatic N) is 2. The minimum atomic E-state index is -0.162. The summed E-state index contributed by atoms with van der Waals surface area (Å²) in [6.07, 6.45) is 7.41. The highest BCUT2D eigenvalue weighted by Gasteiger charge is 2.06. The molecule has 0 aromatic carbocycles. The van der Waals surface area contributed by atoms with Gasteiger partial charge in [-0.2, -0.15) is 5.10 Å². The van der Waals surface area contributed by atoms with Crippen LogP contribution in [0.5, 0.6) is 0 Å². The fourth-order valence-electron chi connectivity index (χ4n) is 1.69. The lowest BCUT2D eigenvalue weighted by atomic mass is 10.1. The maximum atomic E-state index is 11.6. The second-order valence-electron chi connectivity index (χ2n) is 4.40. The molecule has 0 radical (unpaired) electrons. The van der Waals surface area contributed by atoms with E-state index >= 15 is 0 Å². The first-order valence-electron chi connectivity index (χ1n) is 6.47. The molecule has 6 heteroatoms. The number of nitrogens with one attached hydrogen (secondary N) is 1. The van der Waals surface area contributed by atoms with E-state index in [1.54, 1.807) is 24.1 Å². The van der Waals surface area contributed by atoms with Crippen LogP contribution in [0, 0.1) is 0 Å². The van der Waals surface area contributed by atoms with E-state index in [-0.39, 0.29) is 11.9 Å². The zero-order valence-corrected chi connectivity index (χ0v) is 11.5. The highest BCUT2D eigenvalue weighted by atomic mass is 16.5. The molecular weight excluding hydrogens is 246 g/mol. The molecule has 0 saturated heterocycles. The molecule has 0 aliphatic rings. The quantitative estimate of drug-likeness (QED) is 0.568. The average Bonchev–Trinajstić information content (AvgIpc) is 2.83. The Balaban J connectivity index is 2.02. The highest BCUT2D eigenvalue weighted by Crippen LogP contribution is 2.03. The fraction of sp³-hybridized carbons (Fsp3) is 0.615. The van der Waals surface area contributed by atoms with E-state index in [9.17, 15) is 9.59 Å². The van der Waals surface area contributed by atoms with Gasteiger partial charge in [0.05, 0.1) is 18.9 Å². The summed E-state index contributed by atoms with van der Waals surface area (Å²) in [4.78, 5) is 22.5. The van der Waals surface area contributed by atoms with Crippen LogP contribution < -0.4 is 5.32 Å². The predicted octanol–water partition coefficient (Wildman–Crippen LogP) is 1.27. The van der Waals surface area contributed by atoms with Crippen molar-refractivity contribution in [1.82, 2.24) is 15.1 Å². The topological polar surface area (TPSA) is 73.2 Å². The zero-order valence-electron chi connectivity index (χ0n) is 11.5. The molecule has 0 unspecified atom stereocenters. The molecule has 1 amide bonds. The van der Waals surface area contributed by atoms with Gasteiger partial charge in [-0.25, -0.2) is 0 Å². The number of amides is 1. The minimum Gasteiger partial charge on any atom is -0.469 e. The van der Waals surface area contributed by atoms with Crippen LogP contribution in [0.1, 0.15) is 42.5 Å². The number of hydrogen-bond donors (Lipinski definition) is 1. The number of rotatable bonds is 8. The molecule has 0 aliphatic carbocycles. The Bertz CT molecular complexity index is 415. The maximum absolute atomic E-state index is 11.6. The molecule has 0 bridgehead atoms. The number of aryl methyl sites for hydroxylation is 1. The van der Waals surface area contributed by atoms with E-state index in [1.165, 1.54) is 7.11 Å². The van der Waals surface area contributed by atoms with Crippen LogP contribution in [0.3, 0.4) is 0 Å². The number of hydrogen-bond acceptors (Lipinski definition) is 4. The van der Waals surface area contributed by atoms with Gasteiger partial charge in [-0.1, -0.05) is 12.8 Å². The van der Waals surface area contributed by atoms with Gasteiger partial charge in [0, 0.05) is 26.2 Å². The van der Waals surface area contributed by atoms with Crippen molar-refractivity contribution in [3.63, 3.8) is 0 Å². The minimum absolute atomic E-state index is 0.0948. The number of carbonyl (C=O) groups excluding carboxylic acids is 2. The molecule has 1 rings (SSSR count). The third-order valence-corrected chi connectivity index (χ3v) is 2.79. The lowest BCUT2D eigenvalue weighted by molar-refractivity contribution is -0.140. The summed E-state index contributed by atoms with van der Waals surface area (Å²) in [5, 5.41) is 6.78. The van der Waals surface area contributed by atoms with E-state index in [1.807, 2.05) is 0 Å². The first kappa shape index (κ1) is 15.2. The second-order valence-corrected chi connectivity index (χ2v) is 4.40. The first-order valence-corrected chi connectivity index (χ1v) is 6.47. The van der Waals surface area contributed by atoms with Gasteiger partial charge in [0.2, 0.25) is 0 Å². The van der Waals surface area contributed by atoms with Crippen LogP contribution in [-0.2, 0) is 16.6 Å². The molecule has 1 aromatic heterocycles. The number of carbonyl (C=O) groups is 2. The van der Waals surface area contributed by atoms with Crippen LogP contribution in [0.15, 0.2) is 12.4 Å². The molecule has 6 nitrogen and oxygen atoms in total. The molecule has 1 aromatic rings. The molecule has 1 heterocycles. The third-order valence-electron chi connectivity index (χ3n) is 2.79. The van der Waals surface area contributed by atoms with Crippen molar-refractivity contribution in [2.24, 2.45) is 7.05 Å². The van der Waals surface area contributed by atoms with Gasteiger partial charge in [-0.05, 0) is 12.8 Å². The summed E-state index contributed by atoms with van der Waals surface area (Å²) in [6, 6.07) is 0. The molecule has 0 spiro atoms. The normalized spacial score (nSPS) is 10.2. The molecule has 0 fully saturated rings. The van der Waals surface area contributed by atoms with Gasteiger partial charge in [0.1, 0.15) is 0 Å². The molecule has 0 atom stereocenters. The largest absolute Gasteiger partial charge is 0.469 e. The SMILES string of the molecule is COC(=O)CCCCCCNC(=O)c1cnn(C)c1. The van der Waals surface area contributed by atoms with E-state index in [0.29, 0.717) is 18.5 Å². The summed E-state index contributed by atoms with van der Waals surface area (Å²) in [7, 11) is 3.17. The molecule has 19 heavy (non-hydrogen) atoms. The van der Waals surface area contributed by atoms with Crippen LogP contribution in [0.2, 0.25) is 0 Å². The predicted molar refractivity (Wildman–Crippen MR) is 70.6 cm³/mol. The molecule has 1 N–H and O–H groups in total. The Kier molecular flexibility index (Phi) is 6.63. The van der Waals surface area contributed by atoms with E-state index < -0.39 is 0 Å². The summed E-state index contributed by atoms with van der Waals surface area (Å²) in [6.45, 7) is 0.645. The van der Waals surface area contributed by atoms with E-state index in [0.717, 1.165) is 25.7 Å². The van der Waals surface area contributed by atoms with Crippen molar-refractivity contribution in [2.45, 2.75) is 32.1 Å². The van der Waals surface area contributed by atoms with Crippen molar-refractivity contribution in [3.05, 3.63) is 18.0 Å². The third kappa shape index (κ3) is 6.03. The number of unbranched alkanes of at least 4 members (excludes halogenated alkanes) is 3. The molecule has 0 aliphatic heterocycles. The van der Waals surface area contributed by atoms with Crippen LogP contribution in [0.4, 0.5) is 0 Å². The van der Waals surface area contributed by atoms with Crippen molar-refractivity contribution < 1.29 is 14.3 Å². The van der Waals surface area contributed by atoms with Crippen LogP contribution in [-0.4, -0.2) is 35.3 Å². The van der Waals surface area contributed by atoms with Gasteiger partial charge in [-0.15, -0.1) is 0 Å².